The maximum absolute atomic E-state index is 13.1. The van der Waals surface area contributed by atoms with E-state index < -0.39 is 0 Å². The van der Waals surface area contributed by atoms with Gasteiger partial charge in [0, 0.05) is 23.3 Å². The van der Waals surface area contributed by atoms with Gasteiger partial charge in [-0.25, -0.2) is 4.39 Å². The van der Waals surface area contributed by atoms with Gasteiger partial charge in [0.1, 0.15) is 5.82 Å². The summed E-state index contributed by atoms with van der Waals surface area (Å²) in [7, 11) is 0. The predicted molar refractivity (Wildman–Crippen MR) is 189 cm³/mol. The van der Waals surface area contributed by atoms with E-state index in [9.17, 15) is 4.39 Å². The van der Waals surface area contributed by atoms with Crippen molar-refractivity contribution in [3.63, 3.8) is 0 Å². The fourth-order valence-corrected chi connectivity index (χ4v) is 5.46. The van der Waals surface area contributed by atoms with E-state index in [2.05, 4.69) is 45.2 Å². The summed E-state index contributed by atoms with van der Waals surface area (Å²) in [5.74, 6) is 0.976. The number of rotatable bonds is 11. The molecule has 0 saturated heterocycles. The molecule has 4 heteroatoms. The van der Waals surface area contributed by atoms with E-state index >= 15 is 0 Å². The van der Waals surface area contributed by atoms with Crippen LogP contribution in [-0.2, 0) is 0 Å². The summed E-state index contributed by atoms with van der Waals surface area (Å²) in [6, 6.07) is 7.60. The normalized spacial score (nSPS) is 14.4. The van der Waals surface area contributed by atoms with Gasteiger partial charge in [0.15, 0.2) is 0 Å². The minimum Gasteiger partial charge on any atom is -0.305 e. The summed E-state index contributed by atoms with van der Waals surface area (Å²) in [6.45, 7) is 26.8. The molecule has 1 aliphatic carbocycles. The molecule has 1 aromatic heterocycles. The van der Waals surface area contributed by atoms with Gasteiger partial charge in [0.2, 0.25) is 0 Å². The van der Waals surface area contributed by atoms with Crippen LogP contribution in [0.15, 0.2) is 77.4 Å². The largest absolute Gasteiger partial charge is 0.305 e. The van der Waals surface area contributed by atoms with Crippen molar-refractivity contribution in [3.8, 4) is 0 Å². The smallest absolute Gasteiger partial charge is 0.126 e. The Morgan fingerprint density at radius 3 is 2.29 bits per heavy atom. The lowest BCUT2D eigenvalue weighted by Gasteiger charge is -2.22. The number of halogens is 1. The highest BCUT2D eigenvalue weighted by Crippen LogP contribution is 2.33. The minimum absolute atomic E-state index is 0.0833. The maximum Gasteiger partial charge on any atom is 0.126 e. The third-order valence-corrected chi connectivity index (χ3v) is 8.57. The van der Waals surface area contributed by atoms with E-state index in [1.54, 1.807) is 17.4 Å². The quantitative estimate of drug-likeness (QED) is 0.200. The zero-order valence-corrected chi connectivity index (χ0v) is 28.4. The molecule has 0 unspecified atom stereocenters. The Morgan fingerprint density at radius 2 is 1.81 bits per heavy atom. The Hall–Kier alpha value is -3.11. The Balaban J connectivity index is 0.000000564. The van der Waals surface area contributed by atoms with E-state index in [-0.39, 0.29) is 11.7 Å². The monoisotopic (exact) mass is 588 g/mol. The summed E-state index contributed by atoms with van der Waals surface area (Å²) in [6.07, 6.45) is 15.0. The Bertz CT molecular complexity index is 1310. The van der Waals surface area contributed by atoms with Gasteiger partial charge in [0.25, 0.3) is 0 Å². The summed E-state index contributed by atoms with van der Waals surface area (Å²) >= 11 is 1.78. The van der Waals surface area contributed by atoms with E-state index in [1.165, 1.54) is 40.2 Å². The van der Waals surface area contributed by atoms with Gasteiger partial charge in [-0.1, -0.05) is 83.7 Å². The molecule has 2 aromatic rings. The molecule has 0 atom stereocenters. The fraction of sp³-hybridized carbons (Fsp3) is 0.421. The highest BCUT2D eigenvalue weighted by Gasteiger charge is 2.16. The van der Waals surface area contributed by atoms with Gasteiger partial charge in [-0.15, -0.1) is 11.3 Å². The average molecular weight is 589 g/mol. The summed E-state index contributed by atoms with van der Waals surface area (Å²) in [4.78, 5) is 7.13. The average Bonchev–Trinajstić information content (AvgIpc) is 3.34. The van der Waals surface area contributed by atoms with Gasteiger partial charge in [-0.05, 0) is 117 Å². The Kier molecular flexibility index (Phi) is 16.8. The molecule has 42 heavy (non-hydrogen) atoms. The molecule has 1 N–H and O–H groups in total. The third-order valence-electron chi connectivity index (χ3n) is 7.41. The van der Waals surface area contributed by atoms with Crippen LogP contribution in [0.25, 0.3) is 11.6 Å². The maximum atomic E-state index is 13.1. The van der Waals surface area contributed by atoms with Crippen LogP contribution in [0, 0.1) is 24.1 Å². The molecule has 2 nitrogen and oxygen atoms in total. The third kappa shape index (κ3) is 11.6. The lowest BCUT2D eigenvalue weighted by Crippen LogP contribution is -2.13. The molecule has 3 rings (SSSR count). The number of thiophene rings is 1. The highest BCUT2D eigenvalue weighted by molar-refractivity contribution is 7.15. The molecule has 1 aromatic carbocycles. The van der Waals surface area contributed by atoms with Crippen molar-refractivity contribution in [1.29, 1.82) is 5.41 Å². The SMILES string of the molecule is C=C/C(C/C(=C\C)c1cc(C=C)c(C=NCC2CCC2)s1)=C(C)/C=C(/C)C(C)=N.CC.Cc1ccc(C(C)C)c(F)c1. The zero-order valence-electron chi connectivity index (χ0n) is 27.5. The first-order chi connectivity index (χ1) is 20.0. The number of hydrogen-bond donors (Lipinski definition) is 1. The first-order valence-electron chi connectivity index (χ1n) is 15.2. The zero-order chi connectivity index (χ0) is 31.8. The van der Waals surface area contributed by atoms with Gasteiger partial charge in [-0.2, -0.15) is 0 Å². The second-order valence-electron chi connectivity index (χ2n) is 11.0. The number of hydrogen-bond acceptors (Lipinski definition) is 3. The van der Waals surface area contributed by atoms with Crippen molar-refractivity contribution >= 4 is 34.9 Å². The number of benzene rings is 1. The first-order valence-corrected chi connectivity index (χ1v) is 16.1. The number of allylic oxidation sites excluding steroid dienone is 7. The topological polar surface area (TPSA) is 36.2 Å². The van der Waals surface area contributed by atoms with Crippen LogP contribution in [0.4, 0.5) is 4.39 Å². The molecule has 0 radical (unpaired) electrons. The molecule has 1 fully saturated rings. The molecule has 0 amide bonds. The van der Waals surface area contributed by atoms with Crippen LogP contribution in [0.5, 0.6) is 0 Å². The molecular formula is C38H53FN2S. The summed E-state index contributed by atoms with van der Waals surface area (Å²) in [5.41, 5.74) is 8.14. The van der Waals surface area contributed by atoms with Crippen molar-refractivity contribution in [2.45, 2.75) is 93.9 Å². The second kappa shape index (κ2) is 19.2. The number of nitrogens with one attached hydrogen (secondary N) is 1. The van der Waals surface area contributed by atoms with E-state index in [0.29, 0.717) is 5.71 Å². The van der Waals surface area contributed by atoms with Gasteiger partial charge < -0.3 is 5.41 Å². The van der Waals surface area contributed by atoms with E-state index in [1.807, 2.05) is 79.0 Å². The van der Waals surface area contributed by atoms with Crippen LogP contribution in [0.1, 0.15) is 113 Å². The summed E-state index contributed by atoms with van der Waals surface area (Å²) < 4.78 is 13.1. The summed E-state index contributed by atoms with van der Waals surface area (Å²) in [5, 5.41) is 7.80. The van der Waals surface area contributed by atoms with E-state index in [0.717, 1.165) is 46.7 Å². The predicted octanol–water partition coefficient (Wildman–Crippen LogP) is 12.2. The highest BCUT2D eigenvalue weighted by atomic mass is 32.1. The number of aryl methyl sites for hydroxylation is 1. The molecule has 0 spiro atoms. The van der Waals surface area contributed by atoms with Crippen molar-refractivity contribution in [1.82, 2.24) is 0 Å². The van der Waals surface area contributed by atoms with Crippen LogP contribution in [-0.4, -0.2) is 18.5 Å². The Morgan fingerprint density at radius 1 is 1.14 bits per heavy atom. The number of aliphatic imine (C=N–C) groups is 1. The molecule has 1 heterocycles. The lowest BCUT2D eigenvalue weighted by atomic mass is 9.86. The van der Waals surface area contributed by atoms with Crippen LogP contribution < -0.4 is 0 Å². The van der Waals surface area contributed by atoms with Crippen molar-refractivity contribution < 1.29 is 4.39 Å². The van der Waals surface area contributed by atoms with Gasteiger partial charge in [-0.3, -0.25) is 4.99 Å². The van der Waals surface area contributed by atoms with Gasteiger partial charge in [0.05, 0.1) is 4.88 Å². The molecule has 0 bridgehead atoms. The first kappa shape index (κ1) is 36.9. The molecule has 228 valence electrons. The van der Waals surface area contributed by atoms with Crippen molar-refractivity contribution in [3.05, 3.63) is 105 Å². The van der Waals surface area contributed by atoms with Crippen molar-refractivity contribution in [2.24, 2.45) is 10.9 Å². The minimum atomic E-state index is -0.0833. The molecule has 1 aliphatic rings. The molecular weight excluding hydrogens is 535 g/mol. The Labute approximate surface area is 260 Å². The van der Waals surface area contributed by atoms with Crippen LogP contribution in [0.3, 0.4) is 0 Å². The molecule has 0 aliphatic heterocycles. The number of nitrogens with zero attached hydrogens (tertiary/aromatic N) is 1. The second-order valence-corrected chi connectivity index (χ2v) is 12.0. The van der Waals surface area contributed by atoms with Crippen molar-refractivity contribution in [2.75, 3.05) is 6.54 Å². The lowest BCUT2D eigenvalue weighted by molar-refractivity contribution is 0.326. The fourth-order valence-electron chi connectivity index (χ4n) is 4.33. The van der Waals surface area contributed by atoms with Crippen LogP contribution in [0.2, 0.25) is 0 Å². The molecule has 1 saturated carbocycles. The standard InChI is InChI=1S/C26H34N2S.C10H13F.C2H6/c1-7-22(19(5)13-18(4)20(6)27)14-23(8-2)25-15-24(9-3)26(29-25)17-28-16-21-11-10-12-21;1-7(2)9-5-4-8(3)6-10(9)11;1-2/h7-9,13,15,17,21,27H,1,3,10-12,14,16H2,2,4-6H3;4-7H,1-3H3;1-2H3/b18-13-,22-19-,23-8+,27-20?,28-17?;;. The van der Waals surface area contributed by atoms with Gasteiger partial charge >= 0.3 is 0 Å². The van der Waals surface area contributed by atoms with Crippen LogP contribution >= 0.6 is 11.3 Å². The van der Waals surface area contributed by atoms with E-state index in [4.69, 9.17) is 10.4 Å².